The fourth-order valence-electron chi connectivity index (χ4n) is 0.157. The van der Waals surface area contributed by atoms with E-state index < -0.39 is 5.97 Å². The average molecular weight is 133 g/mol. The van der Waals surface area contributed by atoms with E-state index in [1.807, 2.05) is 0 Å². The van der Waals surface area contributed by atoms with Crippen LogP contribution in [0, 0.1) is 11.8 Å². The summed E-state index contributed by atoms with van der Waals surface area (Å²) in [6.07, 6.45) is 0. The van der Waals surface area contributed by atoms with Gasteiger partial charge >= 0.3 is 5.97 Å². The average Bonchev–Trinajstić information content (AvgIpc) is 1.83. The quantitative estimate of drug-likeness (QED) is 0.206. The Kier molecular flexibility index (Phi) is 4.10. The molecule has 0 unspecified atom stereocenters. The van der Waals surface area contributed by atoms with Crippen LogP contribution in [-0.2, 0) is 9.53 Å². The first-order chi connectivity index (χ1) is 3.81. The molecule has 3 heteroatoms. The summed E-state index contributed by atoms with van der Waals surface area (Å²) < 4.78 is 4.18. The number of carbonyl (C=O) groups is 1. The van der Waals surface area contributed by atoms with Crippen LogP contribution in [0.5, 0.6) is 0 Å². The first-order valence-electron chi connectivity index (χ1n) is 1.94. The van der Waals surface area contributed by atoms with Crippen molar-refractivity contribution in [3.63, 3.8) is 0 Å². The predicted octanol–water partition coefficient (Wildman–Crippen LogP) is 0.402. The minimum Gasteiger partial charge on any atom is -0.459 e. The van der Waals surface area contributed by atoms with Gasteiger partial charge in [0.05, 0.1) is 13.0 Å². The molecule has 8 heavy (non-hydrogen) atoms. The lowest BCUT2D eigenvalue weighted by Gasteiger charge is -1.81. The zero-order chi connectivity index (χ0) is 6.41. The molecule has 0 aliphatic rings. The zero-order valence-electron chi connectivity index (χ0n) is 4.40. The van der Waals surface area contributed by atoms with Crippen molar-refractivity contribution in [2.75, 3.05) is 13.0 Å². The van der Waals surface area contributed by atoms with Crippen molar-refractivity contribution in [1.29, 1.82) is 0 Å². The van der Waals surface area contributed by atoms with Crippen LogP contribution in [0.1, 0.15) is 0 Å². The van der Waals surface area contributed by atoms with E-state index in [1.165, 1.54) is 7.11 Å². The van der Waals surface area contributed by atoms with Crippen LogP contribution < -0.4 is 0 Å². The summed E-state index contributed by atoms with van der Waals surface area (Å²) in [6.45, 7) is 0. The SMILES string of the molecule is COC(=O)C#CCCl. The maximum Gasteiger partial charge on any atom is 0.384 e. The Morgan fingerprint density at radius 3 is 2.88 bits per heavy atom. The summed E-state index contributed by atoms with van der Waals surface area (Å²) in [7, 11) is 1.27. The van der Waals surface area contributed by atoms with E-state index in [-0.39, 0.29) is 5.88 Å². The minimum atomic E-state index is -0.550. The molecule has 0 spiro atoms. The van der Waals surface area contributed by atoms with E-state index in [0.29, 0.717) is 0 Å². The van der Waals surface area contributed by atoms with E-state index in [9.17, 15) is 4.79 Å². The van der Waals surface area contributed by atoms with Crippen LogP contribution in [0.4, 0.5) is 0 Å². The van der Waals surface area contributed by atoms with E-state index in [1.54, 1.807) is 0 Å². The molecular formula is C5H5ClO2. The molecule has 0 saturated heterocycles. The van der Waals surface area contributed by atoms with Gasteiger partial charge in [-0.15, -0.1) is 11.6 Å². The first kappa shape index (κ1) is 7.32. The lowest BCUT2D eigenvalue weighted by Crippen LogP contribution is -1.94. The Bertz CT molecular complexity index is 131. The number of ether oxygens (including phenoxy) is 1. The topological polar surface area (TPSA) is 26.3 Å². The standard InChI is InChI=1S/C5H5ClO2/c1-8-5(7)3-2-4-6/h4H2,1H3. The van der Waals surface area contributed by atoms with Crippen LogP contribution in [0.2, 0.25) is 0 Å². The molecule has 0 aliphatic heterocycles. The second kappa shape index (κ2) is 4.48. The predicted molar refractivity (Wildman–Crippen MR) is 30.5 cm³/mol. The molecule has 0 aromatic rings. The van der Waals surface area contributed by atoms with Crippen molar-refractivity contribution >= 4 is 17.6 Å². The molecule has 44 valence electrons. The number of methoxy groups -OCH3 is 1. The van der Waals surface area contributed by atoms with Gasteiger partial charge in [0.1, 0.15) is 0 Å². The summed E-state index contributed by atoms with van der Waals surface area (Å²) in [4.78, 5) is 10.1. The molecule has 0 amide bonds. The maximum atomic E-state index is 10.1. The van der Waals surface area contributed by atoms with Gasteiger partial charge in [-0.25, -0.2) is 4.79 Å². The van der Waals surface area contributed by atoms with Gasteiger partial charge in [0.2, 0.25) is 0 Å². The first-order valence-corrected chi connectivity index (χ1v) is 2.47. The van der Waals surface area contributed by atoms with Crippen molar-refractivity contribution in [3.8, 4) is 11.8 Å². The van der Waals surface area contributed by atoms with Gasteiger partial charge in [0, 0.05) is 5.92 Å². The smallest absolute Gasteiger partial charge is 0.384 e. The highest BCUT2D eigenvalue weighted by molar-refractivity contribution is 6.19. The Morgan fingerprint density at radius 1 is 1.88 bits per heavy atom. The Labute approximate surface area is 52.8 Å². The van der Waals surface area contributed by atoms with Crippen LogP contribution in [0.15, 0.2) is 0 Å². The number of hydrogen-bond acceptors (Lipinski definition) is 2. The zero-order valence-corrected chi connectivity index (χ0v) is 5.16. The van der Waals surface area contributed by atoms with E-state index in [0.717, 1.165) is 0 Å². The van der Waals surface area contributed by atoms with Gasteiger partial charge in [0.15, 0.2) is 0 Å². The molecule has 0 aliphatic carbocycles. The fraction of sp³-hybridized carbons (Fsp3) is 0.400. The third-order valence-electron chi connectivity index (χ3n) is 0.443. The summed E-state index contributed by atoms with van der Waals surface area (Å²) >= 11 is 5.12. The lowest BCUT2D eigenvalue weighted by atomic mass is 10.6. The Hall–Kier alpha value is -0.680. The summed E-state index contributed by atoms with van der Waals surface area (Å²) in [5, 5.41) is 0. The van der Waals surface area contributed by atoms with Gasteiger partial charge < -0.3 is 4.74 Å². The van der Waals surface area contributed by atoms with Crippen molar-refractivity contribution in [3.05, 3.63) is 0 Å². The second-order valence-corrected chi connectivity index (χ2v) is 1.19. The number of carbonyl (C=O) groups excluding carboxylic acids is 1. The molecule has 0 heterocycles. The second-order valence-electron chi connectivity index (χ2n) is 0.927. The molecule has 0 rings (SSSR count). The third kappa shape index (κ3) is 3.51. The highest BCUT2D eigenvalue weighted by Crippen LogP contribution is 1.70. The van der Waals surface area contributed by atoms with Gasteiger partial charge in [-0.05, 0) is 0 Å². The summed E-state index contributed by atoms with van der Waals surface area (Å²) in [5.41, 5.74) is 0. The number of alkyl halides is 1. The third-order valence-corrected chi connectivity index (χ3v) is 0.576. The molecule has 0 aromatic heterocycles. The van der Waals surface area contributed by atoms with E-state index in [4.69, 9.17) is 11.6 Å². The molecule has 0 fully saturated rings. The molecule has 0 bridgehead atoms. The number of rotatable bonds is 0. The molecule has 2 nitrogen and oxygen atoms in total. The van der Waals surface area contributed by atoms with Crippen LogP contribution in [-0.4, -0.2) is 19.0 Å². The van der Waals surface area contributed by atoms with Crippen molar-refractivity contribution in [2.45, 2.75) is 0 Å². The van der Waals surface area contributed by atoms with E-state index in [2.05, 4.69) is 16.6 Å². The normalized spacial score (nSPS) is 6.75. The monoisotopic (exact) mass is 132 g/mol. The van der Waals surface area contributed by atoms with Crippen LogP contribution in [0.25, 0.3) is 0 Å². The van der Waals surface area contributed by atoms with Crippen molar-refractivity contribution in [2.24, 2.45) is 0 Å². The fourth-order valence-corrected chi connectivity index (χ4v) is 0.223. The van der Waals surface area contributed by atoms with Gasteiger partial charge in [-0.2, -0.15) is 0 Å². The van der Waals surface area contributed by atoms with Gasteiger partial charge in [-0.3, -0.25) is 0 Å². The molecule has 0 aromatic carbocycles. The van der Waals surface area contributed by atoms with Crippen molar-refractivity contribution < 1.29 is 9.53 Å². The minimum absolute atomic E-state index is 0.162. The highest BCUT2D eigenvalue weighted by atomic mass is 35.5. The summed E-state index contributed by atoms with van der Waals surface area (Å²) in [5.74, 6) is 4.09. The maximum absolute atomic E-state index is 10.1. The largest absolute Gasteiger partial charge is 0.459 e. The van der Waals surface area contributed by atoms with Gasteiger partial charge in [0.25, 0.3) is 0 Å². The van der Waals surface area contributed by atoms with Gasteiger partial charge in [-0.1, -0.05) is 5.92 Å². The number of hydrogen-bond donors (Lipinski definition) is 0. The number of halogens is 1. The van der Waals surface area contributed by atoms with Crippen LogP contribution in [0.3, 0.4) is 0 Å². The molecule has 0 atom stereocenters. The lowest BCUT2D eigenvalue weighted by molar-refractivity contribution is -0.133. The Balaban J connectivity index is 3.52. The van der Waals surface area contributed by atoms with E-state index >= 15 is 0 Å². The molecule has 0 N–H and O–H groups in total. The Morgan fingerprint density at radius 2 is 2.50 bits per heavy atom. The molecular weight excluding hydrogens is 128 g/mol. The van der Waals surface area contributed by atoms with Crippen LogP contribution >= 0.6 is 11.6 Å². The number of esters is 1. The summed E-state index contributed by atoms with van der Waals surface area (Å²) in [6, 6.07) is 0. The highest BCUT2D eigenvalue weighted by Gasteiger charge is 1.85. The molecule has 0 radical (unpaired) electrons. The van der Waals surface area contributed by atoms with Crippen molar-refractivity contribution in [1.82, 2.24) is 0 Å². The molecule has 0 saturated carbocycles.